The summed E-state index contributed by atoms with van der Waals surface area (Å²) in [5.41, 5.74) is 11.3. The number of rotatable bonds is 9. The van der Waals surface area contributed by atoms with Crippen molar-refractivity contribution < 1.29 is 19.1 Å². The van der Waals surface area contributed by atoms with Crippen LogP contribution in [0.15, 0.2) is 66.7 Å². The highest BCUT2D eigenvalue weighted by Gasteiger charge is 2.29. The van der Waals surface area contributed by atoms with Gasteiger partial charge in [0.25, 0.3) is 5.91 Å². The van der Waals surface area contributed by atoms with Gasteiger partial charge in [0.1, 0.15) is 5.82 Å². The lowest BCUT2D eigenvalue weighted by Crippen LogP contribution is -2.32. The molecule has 7 heteroatoms. The number of nitrogens with two attached hydrogens (primary N) is 1. The van der Waals surface area contributed by atoms with Crippen molar-refractivity contribution in [1.82, 2.24) is 0 Å². The minimum atomic E-state index is -0.877. The van der Waals surface area contributed by atoms with Crippen molar-refractivity contribution in [2.45, 2.75) is 45.1 Å². The number of carboxylic acid groups (broad SMARTS) is 1. The van der Waals surface area contributed by atoms with Crippen LogP contribution >= 0.6 is 0 Å². The van der Waals surface area contributed by atoms with Crippen LogP contribution < -0.4 is 16.4 Å². The molecule has 1 unspecified atom stereocenters. The Morgan fingerprint density at radius 3 is 2.56 bits per heavy atom. The fraction of sp³-hybridized carbons (Fsp3) is 0.241. The molecule has 0 aromatic heterocycles. The van der Waals surface area contributed by atoms with Gasteiger partial charge in [0, 0.05) is 23.2 Å². The first-order valence-electron chi connectivity index (χ1n) is 12.0. The van der Waals surface area contributed by atoms with Gasteiger partial charge in [-0.15, -0.1) is 0 Å². The minimum Gasteiger partial charge on any atom is -0.481 e. The summed E-state index contributed by atoms with van der Waals surface area (Å²) in [5, 5.41) is 15.2. The van der Waals surface area contributed by atoms with Crippen LogP contribution in [-0.2, 0) is 21.5 Å². The van der Waals surface area contributed by atoms with Gasteiger partial charge in [0.15, 0.2) is 0 Å². The summed E-state index contributed by atoms with van der Waals surface area (Å²) in [4.78, 5) is 24.2. The molecule has 0 spiro atoms. The number of anilines is 2. The second-order valence-corrected chi connectivity index (χ2v) is 9.36. The number of amides is 1. The zero-order valence-corrected chi connectivity index (χ0v) is 20.4. The van der Waals surface area contributed by atoms with Crippen molar-refractivity contribution in [3.8, 4) is 0 Å². The quantitative estimate of drug-likeness (QED) is 0.288. The Labute approximate surface area is 210 Å². The molecule has 1 aliphatic heterocycles. The Kier molecular flexibility index (Phi) is 7.22. The van der Waals surface area contributed by atoms with Crippen LogP contribution in [0.25, 0.3) is 11.3 Å². The second-order valence-electron chi connectivity index (χ2n) is 9.36. The molecule has 186 valence electrons. The van der Waals surface area contributed by atoms with Gasteiger partial charge in [-0.25, -0.2) is 4.39 Å². The van der Waals surface area contributed by atoms with Gasteiger partial charge in [0.2, 0.25) is 0 Å². The summed E-state index contributed by atoms with van der Waals surface area (Å²) in [5.74, 6) is -1.66. The van der Waals surface area contributed by atoms with Crippen molar-refractivity contribution in [1.29, 1.82) is 0 Å². The summed E-state index contributed by atoms with van der Waals surface area (Å²) in [6, 6.07) is 19.4. The van der Waals surface area contributed by atoms with Gasteiger partial charge >= 0.3 is 5.97 Å². The predicted molar refractivity (Wildman–Crippen MR) is 141 cm³/mol. The third kappa shape index (κ3) is 5.47. The Hall–Kier alpha value is -3.97. The van der Waals surface area contributed by atoms with E-state index in [4.69, 9.17) is 10.8 Å². The number of aryl methyl sites for hydroxylation is 1. The lowest BCUT2D eigenvalue weighted by molar-refractivity contribution is -0.137. The number of nitrogens with one attached hydrogen (secondary N) is 2. The van der Waals surface area contributed by atoms with Crippen LogP contribution in [0.2, 0.25) is 0 Å². The van der Waals surface area contributed by atoms with E-state index in [0.29, 0.717) is 28.9 Å². The number of fused-ring (bicyclic) bond motifs is 1. The maximum Gasteiger partial charge on any atom is 0.303 e. The predicted octanol–water partition coefficient (Wildman–Crippen LogP) is 5.75. The molecule has 0 fully saturated rings. The lowest BCUT2D eigenvalue weighted by Gasteiger charge is -2.25. The number of carbonyl (C=O) groups is 2. The van der Waals surface area contributed by atoms with Crippen LogP contribution in [0.5, 0.6) is 0 Å². The second kappa shape index (κ2) is 10.3. The number of aliphatic carboxylic acids is 1. The van der Waals surface area contributed by atoms with E-state index in [9.17, 15) is 14.0 Å². The summed E-state index contributed by atoms with van der Waals surface area (Å²) < 4.78 is 13.8. The maximum absolute atomic E-state index is 13.8. The number of carbonyl (C=O) groups excluding carboxylic acids is 1. The minimum absolute atomic E-state index is 0.00244. The molecule has 36 heavy (non-hydrogen) atoms. The molecule has 0 radical (unpaired) electrons. The van der Waals surface area contributed by atoms with Gasteiger partial charge in [-0.3, -0.25) is 9.59 Å². The van der Waals surface area contributed by atoms with E-state index in [-0.39, 0.29) is 12.3 Å². The first-order chi connectivity index (χ1) is 17.2. The maximum atomic E-state index is 13.8. The monoisotopic (exact) mass is 487 g/mol. The number of hydrogen-bond acceptors (Lipinski definition) is 4. The average molecular weight is 488 g/mol. The van der Waals surface area contributed by atoms with Crippen LogP contribution in [0.4, 0.5) is 15.8 Å². The fourth-order valence-corrected chi connectivity index (χ4v) is 4.55. The lowest BCUT2D eigenvalue weighted by atomic mass is 9.88. The van der Waals surface area contributed by atoms with Crippen molar-refractivity contribution in [2.75, 3.05) is 10.6 Å². The molecular weight excluding hydrogens is 457 g/mol. The molecule has 1 amide bonds. The fourth-order valence-electron chi connectivity index (χ4n) is 4.55. The zero-order valence-electron chi connectivity index (χ0n) is 20.4. The number of halogens is 1. The summed E-state index contributed by atoms with van der Waals surface area (Å²) in [6.45, 7) is 4.11. The van der Waals surface area contributed by atoms with Crippen LogP contribution in [0, 0.1) is 5.82 Å². The largest absolute Gasteiger partial charge is 0.481 e. The van der Waals surface area contributed by atoms with Gasteiger partial charge in [-0.2, -0.15) is 0 Å². The zero-order chi connectivity index (χ0) is 25.9. The smallest absolute Gasteiger partial charge is 0.303 e. The third-order valence-electron chi connectivity index (χ3n) is 6.40. The Bertz CT molecular complexity index is 1330. The molecule has 1 heterocycles. The number of benzene rings is 3. The molecule has 1 aliphatic rings. The molecule has 0 saturated carbocycles. The Morgan fingerprint density at radius 1 is 1.11 bits per heavy atom. The van der Waals surface area contributed by atoms with Gasteiger partial charge < -0.3 is 21.5 Å². The highest BCUT2D eigenvalue weighted by molar-refractivity contribution is 6.37. The molecular formula is C29H30FN3O3. The van der Waals surface area contributed by atoms with E-state index >= 15 is 0 Å². The van der Waals surface area contributed by atoms with Crippen LogP contribution in [0.1, 0.15) is 55.4 Å². The molecule has 6 nitrogen and oxygen atoms in total. The van der Waals surface area contributed by atoms with E-state index in [2.05, 4.69) is 17.6 Å². The van der Waals surface area contributed by atoms with Crippen LogP contribution in [-0.4, -0.2) is 17.0 Å². The number of hydrogen-bond donors (Lipinski definition) is 4. The molecule has 5 N–H and O–H groups in total. The van der Waals surface area contributed by atoms with E-state index in [1.807, 2.05) is 55.5 Å². The van der Waals surface area contributed by atoms with Gasteiger partial charge in [0.05, 0.1) is 17.0 Å². The van der Waals surface area contributed by atoms with E-state index in [1.165, 1.54) is 12.1 Å². The van der Waals surface area contributed by atoms with Crippen molar-refractivity contribution in [2.24, 2.45) is 5.73 Å². The number of carboxylic acids is 1. The van der Waals surface area contributed by atoms with Crippen molar-refractivity contribution in [3.63, 3.8) is 0 Å². The molecule has 3 aromatic rings. The highest BCUT2D eigenvalue weighted by Crippen LogP contribution is 2.38. The topological polar surface area (TPSA) is 104 Å². The summed E-state index contributed by atoms with van der Waals surface area (Å²) in [6.07, 6.45) is 2.19. The van der Waals surface area contributed by atoms with Gasteiger partial charge in [-0.1, -0.05) is 43.7 Å². The van der Waals surface area contributed by atoms with E-state index in [1.54, 1.807) is 6.07 Å². The molecule has 0 aliphatic carbocycles. The van der Waals surface area contributed by atoms with E-state index < -0.39 is 17.3 Å². The third-order valence-corrected chi connectivity index (χ3v) is 6.40. The molecule has 3 aromatic carbocycles. The normalized spacial score (nSPS) is 15.6. The highest BCUT2D eigenvalue weighted by atomic mass is 19.1. The van der Waals surface area contributed by atoms with Crippen LogP contribution in [0.3, 0.4) is 0 Å². The SMILES string of the molecule is CCCC(C)(N)c1ccc(N/C(=C2\C(=O)Nc3cc(F)ccc32)c2cccc(CCC(=O)O)c2)cc1. The van der Waals surface area contributed by atoms with Crippen molar-refractivity contribution in [3.05, 3.63) is 94.8 Å². The molecule has 1 atom stereocenters. The molecule has 4 rings (SSSR count). The van der Waals surface area contributed by atoms with E-state index in [0.717, 1.165) is 35.2 Å². The van der Waals surface area contributed by atoms with Gasteiger partial charge in [-0.05, 0) is 72.9 Å². The standard InChI is InChI=1S/C29H30FN3O3/c1-3-15-29(2,31)20-8-11-22(12-9-20)32-27(19-6-4-5-18(16-19)7-14-25(34)35)26-23-13-10-21(30)17-24(23)33-28(26)36/h4-6,8-13,16-17,32H,3,7,14-15,31H2,1-2H3,(H,33,36)(H,34,35)/b27-26-. The van der Waals surface area contributed by atoms with Crippen molar-refractivity contribution >= 4 is 34.5 Å². The molecule has 0 bridgehead atoms. The Balaban J connectivity index is 1.78. The summed E-state index contributed by atoms with van der Waals surface area (Å²) >= 11 is 0. The first kappa shape index (κ1) is 25.1. The average Bonchev–Trinajstić information content (AvgIpc) is 3.16. The first-order valence-corrected chi connectivity index (χ1v) is 12.0. The Morgan fingerprint density at radius 2 is 1.86 bits per heavy atom. The summed E-state index contributed by atoms with van der Waals surface area (Å²) in [7, 11) is 0. The molecule has 0 saturated heterocycles.